The molecule has 132 valence electrons. The molecule has 0 bridgehead atoms. The first-order valence-corrected chi connectivity index (χ1v) is 9.16. The summed E-state index contributed by atoms with van der Waals surface area (Å²) in [6.45, 7) is 2.97. The van der Waals surface area contributed by atoms with E-state index in [2.05, 4.69) is 58.4 Å². The van der Waals surface area contributed by atoms with E-state index in [-0.39, 0.29) is 0 Å². The minimum absolute atomic E-state index is 0.329. The third kappa shape index (κ3) is 3.13. The molecule has 1 aliphatic heterocycles. The van der Waals surface area contributed by atoms with E-state index in [1.54, 1.807) is 6.33 Å². The molecule has 5 heteroatoms. The smallest absolute Gasteiger partial charge is 0.141 e. The van der Waals surface area contributed by atoms with Crippen molar-refractivity contribution in [3.8, 4) is 0 Å². The Morgan fingerprint density at radius 2 is 1.96 bits per heavy atom. The van der Waals surface area contributed by atoms with Gasteiger partial charge in [0.15, 0.2) is 0 Å². The predicted molar refractivity (Wildman–Crippen MR) is 107 cm³/mol. The van der Waals surface area contributed by atoms with Gasteiger partial charge in [-0.1, -0.05) is 48.9 Å². The minimum Gasteiger partial charge on any atom is -0.366 e. The Morgan fingerprint density at radius 3 is 2.77 bits per heavy atom. The van der Waals surface area contributed by atoms with Crippen molar-refractivity contribution in [3.63, 3.8) is 0 Å². The molecule has 0 spiro atoms. The van der Waals surface area contributed by atoms with Crippen LogP contribution >= 0.6 is 11.6 Å². The molecule has 0 saturated carbocycles. The second-order valence-electron chi connectivity index (χ2n) is 6.73. The van der Waals surface area contributed by atoms with E-state index in [1.807, 2.05) is 24.3 Å². The van der Waals surface area contributed by atoms with Gasteiger partial charge in [0.1, 0.15) is 18.0 Å². The number of nitrogens with zero attached hydrogens (tertiary/aromatic N) is 3. The fourth-order valence-corrected chi connectivity index (χ4v) is 3.75. The Hall–Kier alpha value is -2.59. The molecule has 2 aromatic carbocycles. The van der Waals surface area contributed by atoms with E-state index in [1.165, 1.54) is 11.1 Å². The summed E-state index contributed by atoms with van der Waals surface area (Å²) < 4.78 is 0. The second-order valence-corrected chi connectivity index (χ2v) is 7.17. The topological polar surface area (TPSA) is 41.1 Å². The number of fused-ring (bicyclic) bond motifs is 2. The van der Waals surface area contributed by atoms with Crippen LogP contribution in [0.3, 0.4) is 0 Å². The van der Waals surface area contributed by atoms with Gasteiger partial charge < -0.3 is 10.2 Å². The third-order valence-corrected chi connectivity index (χ3v) is 5.17. The highest BCUT2D eigenvalue weighted by Crippen LogP contribution is 2.41. The molecule has 0 saturated heterocycles. The molecule has 1 aliphatic rings. The Kier molecular flexibility index (Phi) is 4.51. The van der Waals surface area contributed by atoms with Gasteiger partial charge >= 0.3 is 0 Å². The SMILES string of the molecule is CC1Cc2c(NCc3ccccc3)ncnc2N(C)c2ccc(Cl)cc21. The quantitative estimate of drug-likeness (QED) is 0.696. The summed E-state index contributed by atoms with van der Waals surface area (Å²) >= 11 is 6.24. The van der Waals surface area contributed by atoms with Crippen molar-refractivity contribution in [3.05, 3.63) is 76.6 Å². The lowest BCUT2D eigenvalue weighted by Crippen LogP contribution is -2.15. The zero-order chi connectivity index (χ0) is 18.1. The molecule has 0 radical (unpaired) electrons. The predicted octanol–water partition coefficient (Wildman–Crippen LogP) is 5.17. The molecular weight excluding hydrogens is 344 g/mol. The number of benzene rings is 2. The van der Waals surface area contributed by atoms with Gasteiger partial charge in [0.25, 0.3) is 0 Å². The van der Waals surface area contributed by atoms with Crippen molar-refractivity contribution < 1.29 is 0 Å². The number of aromatic nitrogens is 2. The van der Waals surface area contributed by atoms with Gasteiger partial charge in [-0.25, -0.2) is 9.97 Å². The lowest BCUT2D eigenvalue weighted by molar-refractivity contribution is 0.764. The molecule has 1 aromatic heterocycles. The van der Waals surface area contributed by atoms with E-state index in [0.29, 0.717) is 5.92 Å². The maximum atomic E-state index is 6.24. The highest BCUT2D eigenvalue weighted by molar-refractivity contribution is 6.30. The first-order chi connectivity index (χ1) is 12.6. The van der Waals surface area contributed by atoms with Crippen molar-refractivity contribution >= 4 is 28.9 Å². The van der Waals surface area contributed by atoms with Crippen molar-refractivity contribution in [2.45, 2.75) is 25.8 Å². The summed E-state index contributed by atoms with van der Waals surface area (Å²) in [4.78, 5) is 11.2. The molecule has 1 atom stereocenters. The van der Waals surface area contributed by atoms with Gasteiger partial charge in [0.05, 0.1) is 0 Å². The van der Waals surface area contributed by atoms with Gasteiger partial charge in [-0.2, -0.15) is 0 Å². The fraction of sp³-hybridized carbons (Fsp3) is 0.238. The zero-order valence-electron chi connectivity index (χ0n) is 14.9. The maximum Gasteiger partial charge on any atom is 0.141 e. The lowest BCUT2D eigenvalue weighted by atomic mass is 9.94. The van der Waals surface area contributed by atoms with E-state index in [0.717, 1.165) is 40.9 Å². The van der Waals surface area contributed by atoms with Crippen LogP contribution < -0.4 is 10.2 Å². The van der Waals surface area contributed by atoms with Crippen molar-refractivity contribution in [1.29, 1.82) is 0 Å². The van der Waals surface area contributed by atoms with Gasteiger partial charge in [0.2, 0.25) is 0 Å². The first kappa shape index (κ1) is 16.9. The molecule has 0 fully saturated rings. The maximum absolute atomic E-state index is 6.24. The summed E-state index contributed by atoms with van der Waals surface area (Å²) in [6, 6.07) is 16.4. The van der Waals surface area contributed by atoms with Crippen LogP contribution in [0.4, 0.5) is 17.3 Å². The zero-order valence-corrected chi connectivity index (χ0v) is 15.7. The van der Waals surface area contributed by atoms with Crippen LogP contribution in [-0.4, -0.2) is 17.0 Å². The largest absolute Gasteiger partial charge is 0.366 e. The van der Waals surface area contributed by atoms with Gasteiger partial charge in [0, 0.05) is 29.9 Å². The molecule has 0 amide bonds. The molecular formula is C21H21ClN4. The summed E-state index contributed by atoms with van der Waals surface area (Å²) in [5.74, 6) is 2.18. The Morgan fingerprint density at radius 1 is 1.15 bits per heavy atom. The van der Waals surface area contributed by atoms with E-state index >= 15 is 0 Å². The van der Waals surface area contributed by atoms with Gasteiger partial charge in [-0.15, -0.1) is 0 Å². The van der Waals surface area contributed by atoms with E-state index in [4.69, 9.17) is 11.6 Å². The minimum atomic E-state index is 0.329. The Balaban J connectivity index is 1.70. The van der Waals surface area contributed by atoms with Gasteiger partial charge in [-0.05, 0) is 41.7 Å². The number of anilines is 3. The van der Waals surface area contributed by atoms with Crippen LogP contribution in [0, 0.1) is 0 Å². The highest BCUT2D eigenvalue weighted by Gasteiger charge is 2.26. The van der Waals surface area contributed by atoms with Crippen molar-refractivity contribution in [1.82, 2.24) is 9.97 Å². The second kappa shape index (κ2) is 6.96. The van der Waals surface area contributed by atoms with Crippen LogP contribution in [-0.2, 0) is 13.0 Å². The highest BCUT2D eigenvalue weighted by atomic mass is 35.5. The molecule has 1 N–H and O–H groups in total. The number of hydrogen-bond donors (Lipinski definition) is 1. The summed E-state index contributed by atoms with van der Waals surface area (Å²) in [5, 5.41) is 4.26. The van der Waals surface area contributed by atoms with Crippen LogP contribution in [0.1, 0.15) is 29.5 Å². The number of halogens is 1. The molecule has 1 unspecified atom stereocenters. The lowest BCUT2D eigenvalue weighted by Gasteiger charge is -2.21. The molecule has 4 nitrogen and oxygen atoms in total. The monoisotopic (exact) mass is 364 g/mol. The normalized spacial score (nSPS) is 15.8. The Bertz CT molecular complexity index is 927. The molecule has 26 heavy (non-hydrogen) atoms. The Labute approximate surface area is 158 Å². The molecule has 4 rings (SSSR count). The summed E-state index contributed by atoms with van der Waals surface area (Å²) in [5.41, 5.74) is 4.76. The van der Waals surface area contributed by atoms with Crippen molar-refractivity contribution in [2.24, 2.45) is 0 Å². The number of hydrogen-bond acceptors (Lipinski definition) is 4. The molecule has 3 aromatic rings. The molecule has 0 aliphatic carbocycles. The van der Waals surface area contributed by atoms with Crippen LogP contribution in [0.15, 0.2) is 54.9 Å². The van der Waals surface area contributed by atoms with E-state index in [9.17, 15) is 0 Å². The standard InChI is InChI=1S/C21H21ClN4/c1-14-10-18-20(23-12-15-6-4-3-5-7-15)24-13-25-21(18)26(2)19-9-8-16(22)11-17(14)19/h3-9,11,13-14H,10,12H2,1-2H3,(H,23,24,25). The average molecular weight is 365 g/mol. The van der Waals surface area contributed by atoms with E-state index < -0.39 is 0 Å². The number of nitrogens with one attached hydrogen (secondary N) is 1. The summed E-state index contributed by atoms with van der Waals surface area (Å²) in [7, 11) is 2.05. The fourth-order valence-electron chi connectivity index (χ4n) is 3.57. The number of rotatable bonds is 3. The van der Waals surface area contributed by atoms with Crippen LogP contribution in [0.2, 0.25) is 5.02 Å². The summed E-state index contributed by atoms with van der Waals surface area (Å²) in [6.07, 6.45) is 2.50. The van der Waals surface area contributed by atoms with Crippen molar-refractivity contribution in [2.75, 3.05) is 17.3 Å². The van der Waals surface area contributed by atoms with Crippen LogP contribution in [0.25, 0.3) is 0 Å². The first-order valence-electron chi connectivity index (χ1n) is 8.78. The van der Waals surface area contributed by atoms with Crippen LogP contribution in [0.5, 0.6) is 0 Å². The molecule has 2 heterocycles. The average Bonchev–Trinajstić information content (AvgIpc) is 2.76. The third-order valence-electron chi connectivity index (χ3n) is 4.94. The van der Waals surface area contributed by atoms with Gasteiger partial charge in [-0.3, -0.25) is 0 Å².